The van der Waals surface area contributed by atoms with Crippen LogP contribution in [0, 0.1) is 11.8 Å². The Balaban J connectivity index is 1.32. The molecule has 178 valence electrons. The topological polar surface area (TPSA) is 102 Å². The second-order valence-corrected chi connectivity index (χ2v) is 9.24. The minimum Gasteiger partial charge on any atom is -0.490 e. The Morgan fingerprint density at radius 1 is 1.21 bits per heavy atom. The summed E-state index contributed by atoms with van der Waals surface area (Å²) in [4.78, 5) is 25.3. The van der Waals surface area contributed by atoms with Crippen LogP contribution in [-0.2, 0) is 11.2 Å². The van der Waals surface area contributed by atoms with E-state index in [-0.39, 0.29) is 36.3 Å². The van der Waals surface area contributed by atoms with Crippen LogP contribution in [0.15, 0.2) is 47.0 Å². The number of hydrogen-bond acceptors (Lipinski definition) is 6. The van der Waals surface area contributed by atoms with Gasteiger partial charge in [0.25, 0.3) is 0 Å². The number of amides is 1. The molecule has 8 nitrogen and oxygen atoms in total. The van der Waals surface area contributed by atoms with Crippen LogP contribution >= 0.6 is 11.6 Å². The van der Waals surface area contributed by atoms with Gasteiger partial charge in [0, 0.05) is 40.9 Å². The molecule has 2 heterocycles. The fourth-order valence-electron chi connectivity index (χ4n) is 5.42. The van der Waals surface area contributed by atoms with Crippen LogP contribution in [0.4, 0.5) is 4.79 Å². The number of rotatable bonds is 6. The lowest BCUT2D eigenvalue weighted by atomic mass is 9.91. The molecule has 9 heteroatoms. The SMILES string of the molecule is CCOC(=O)c1cc(CC2[C@H]3C[C@@H](Oc4ccc(Cl)c5ccccc45)C[C@H]3CN2C(=O)O)on1. The van der Waals surface area contributed by atoms with E-state index < -0.39 is 12.1 Å². The molecule has 1 amide bonds. The zero-order chi connectivity index (χ0) is 23.8. The molecule has 2 aromatic carbocycles. The third-order valence-electron chi connectivity index (χ3n) is 6.86. The summed E-state index contributed by atoms with van der Waals surface area (Å²) in [7, 11) is 0. The van der Waals surface area contributed by atoms with Crippen molar-refractivity contribution >= 4 is 34.4 Å². The Morgan fingerprint density at radius 3 is 2.76 bits per heavy atom. The summed E-state index contributed by atoms with van der Waals surface area (Å²) in [5, 5.41) is 16.2. The summed E-state index contributed by atoms with van der Waals surface area (Å²) in [6.07, 6.45) is 0.867. The van der Waals surface area contributed by atoms with Gasteiger partial charge < -0.3 is 24.0 Å². The van der Waals surface area contributed by atoms with Gasteiger partial charge in [0.1, 0.15) is 11.5 Å². The van der Waals surface area contributed by atoms with Gasteiger partial charge in [-0.25, -0.2) is 9.59 Å². The Bertz CT molecular complexity index is 1230. The van der Waals surface area contributed by atoms with Crippen molar-refractivity contribution in [3.63, 3.8) is 0 Å². The molecule has 0 bridgehead atoms. The molecule has 1 N–H and O–H groups in total. The Labute approximate surface area is 201 Å². The number of halogens is 1. The van der Waals surface area contributed by atoms with Crippen LogP contribution in [0.3, 0.4) is 0 Å². The second kappa shape index (κ2) is 9.18. The van der Waals surface area contributed by atoms with Gasteiger partial charge >= 0.3 is 12.1 Å². The molecule has 4 atom stereocenters. The van der Waals surface area contributed by atoms with Crippen molar-refractivity contribution in [1.29, 1.82) is 0 Å². The van der Waals surface area contributed by atoms with Crippen molar-refractivity contribution < 1.29 is 28.7 Å². The van der Waals surface area contributed by atoms with E-state index in [1.165, 1.54) is 11.0 Å². The number of likely N-dealkylation sites (tertiary alicyclic amines) is 1. The maximum absolute atomic E-state index is 11.9. The fraction of sp³-hybridized carbons (Fsp3) is 0.400. The van der Waals surface area contributed by atoms with Gasteiger partial charge in [0.05, 0.1) is 12.7 Å². The molecular weight excluding hydrogens is 460 g/mol. The van der Waals surface area contributed by atoms with E-state index >= 15 is 0 Å². The van der Waals surface area contributed by atoms with E-state index in [1.54, 1.807) is 6.92 Å². The molecule has 34 heavy (non-hydrogen) atoms. The molecule has 2 aliphatic rings. The molecule has 1 aliphatic carbocycles. The first-order chi connectivity index (χ1) is 16.4. The molecule has 1 saturated carbocycles. The number of esters is 1. The van der Waals surface area contributed by atoms with Gasteiger partial charge in [-0.2, -0.15) is 0 Å². The van der Waals surface area contributed by atoms with Crippen LogP contribution < -0.4 is 4.74 Å². The van der Waals surface area contributed by atoms with E-state index in [4.69, 9.17) is 25.6 Å². The first-order valence-electron chi connectivity index (χ1n) is 11.4. The molecule has 0 spiro atoms. The largest absolute Gasteiger partial charge is 0.490 e. The number of carboxylic acid groups (broad SMARTS) is 1. The monoisotopic (exact) mass is 484 g/mol. The zero-order valence-electron chi connectivity index (χ0n) is 18.6. The summed E-state index contributed by atoms with van der Waals surface area (Å²) in [5.74, 6) is 1.01. The van der Waals surface area contributed by atoms with Crippen molar-refractivity contribution in [3.8, 4) is 5.75 Å². The average Bonchev–Trinajstić information content (AvgIpc) is 3.52. The summed E-state index contributed by atoms with van der Waals surface area (Å²) in [6, 6.07) is 12.9. The van der Waals surface area contributed by atoms with E-state index in [9.17, 15) is 14.7 Å². The van der Waals surface area contributed by atoms with Gasteiger partial charge in [-0.3, -0.25) is 0 Å². The maximum Gasteiger partial charge on any atom is 0.407 e. The van der Waals surface area contributed by atoms with Gasteiger partial charge in [-0.05, 0) is 43.7 Å². The molecule has 1 unspecified atom stereocenters. The summed E-state index contributed by atoms with van der Waals surface area (Å²) in [6.45, 7) is 2.41. The normalized spacial score (nSPS) is 23.8. The van der Waals surface area contributed by atoms with Crippen molar-refractivity contribution in [1.82, 2.24) is 10.1 Å². The summed E-state index contributed by atoms with van der Waals surface area (Å²) in [5.41, 5.74) is 0.0931. The maximum atomic E-state index is 11.9. The smallest absolute Gasteiger partial charge is 0.407 e. The first-order valence-corrected chi connectivity index (χ1v) is 11.8. The van der Waals surface area contributed by atoms with Gasteiger partial charge in [-0.1, -0.05) is 41.0 Å². The molecule has 5 rings (SSSR count). The van der Waals surface area contributed by atoms with E-state index in [0.717, 1.165) is 29.4 Å². The van der Waals surface area contributed by atoms with E-state index in [0.29, 0.717) is 23.7 Å². The van der Waals surface area contributed by atoms with Gasteiger partial charge in [0.15, 0.2) is 5.69 Å². The van der Waals surface area contributed by atoms with Gasteiger partial charge in [0.2, 0.25) is 0 Å². The van der Waals surface area contributed by atoms with Crippen LogP contribution in [0.2, 0.25) is 5.02 Å². The van der Waals surface area contributed by atoms with E-state index in [2.05, 4.69) is 5.16 Å². The summed E-state index contributed by atoms with van der Waals surface area (Å²) < 4.78 is 16.7. The molecular formula is C25H25ClN2O6. The second-order valence-electron chi connectivity index (χ2n) is 8.83. The lowest BCUT2D eigenvalue weighted by Crippen LogP contribution is -2.39. The number of carbonyl (C=O) groups is 2. The molecule has 1 aliphatic heterocycles. The predicted molar refractivity (Wildman–Crippen MR) is 124 cm³/mol. The lowest BCUT2D eigenvalue weighted by Gasteiger charge is -2.26. The number of aromatic nitrogens is 1. The Kier molecular flexibility index (Phi) is 6.08. The number of nitrogens with zero attached hydrogens (tertiary/aromatic N) is 2. The number of hydrogen-bond donors (Lipinski definition) is 1. The minimum absolute atomic E-state index is 0.0251. The van der Waals surface area contributed by atoms with Gasteiger partial charge in [-0.15, -0.1) is 0 Å². The molecule has 0 radical (unpaired) electrons. The van der Waals surface area contributed by atoms with Crippen LogP contribution in [0.25, 0.3) is 10.8 Å². The molecule has 2 fully saturated rings. The predicted octanol–water partition coefficient (Wildman–Crippen LogP) is 5.04. The van der Waals surface area contributed by atoms with E-state index in [1.807, 2.05) is 36.4 Å². The average molecular weight is 485 g/mol. The summed E-state index contributed by atoms with van der Waals surface area (Å²) >= 11 is 6.34. The van der Waals surface area contributed by atoms with Crippen molar-refractivity contribution in [3.05, 3.63) is 58.9 Å². The highest BCUT2D eigenvalue weighted by Crippen LogP contribution is 2.45. The standard InChI is InChI=1S/C25H25ClN2O6/c1-2-32-24(29)21-11-16(34-27-21)12-22-19-10-15(9-14(19)13-28(22)25(30)31)33-23-8-7-20(26)17-5-3-4-6-18(17)23/h3-8,11,14-15,19,22H,2,9-10,12-13H2,1H3,(H,30,31)/t14-,15-,19-,22?/m0/s1. The molecule has 3 aromatic rings. The Morgan fingerprint density at radius 2 is 2.00 bits per heavy atom. The van der Waals surface area contributed by atoms with Crippen LogP contribution in [0.1, 0.15) is 36.0 Å². The van der Waals surface area contributed by atoms with Crippen LogP contribution in [0.5, 0.6) is 5.75 Å². The van der Waals surface area contributed by atoms with Crippen LogP contribution in [-0.4, -0.2) is 52.5 Å². The highest BCUT2D eigenvalue weighted by Gasteiger charge is 2.50. The highest BCUT2D eigenvalue weighted by molar-refractivity contribution is 6.35. The first kappa shape index (κ1) is 22.5. The van der Waals surface area contributed by atoms with Crippen molar-refractivity contribution in [2.75, 3.05) is 13.2 Å². The van der Waals surface area contributed by atoms with Crippen molar-refractivity contribution in [2.45, 2.75) is 38.3 Å². The number of fused-ring (bicyclic) bond motifs is 2. The lowest BCUT2D eigenvalue weighted by molar-refractivity contribution is 0.0514. The number of carbonyl (C=O) groups excluding carboxylic acids is 1. The third kappa shape index (κ3) is 4.18. The number of ether oxygens (including phenoxy) is 2. The minimum atomic E-state index is -0.953. The highest BCUT2D eigenvalue weighted by atomic mass is 35.5. The quantitative estimate of drug-likeness (QED) is 0.489. The molecule has 1 saturated heterocycles. The Hall–Kier alpha value is -3.26. The van der Waals surface area contributed by atoms with Crippen molar-refractivity contribution in [2.24, 2.45) is 11.8 Å². The molecule has 1 aromatic heterocycles. The number of benzene rings is 2. The zero-order valence-corrected chi connectivity index (χ0v) is 19.4. The third-order valence-corrected chi connectivity index (χ3v) is 7.19. The fourth-order valence-corrected chi connectivity index (χ4v) is 5.64.